The first kappa shape index (κ1) is 54.7. The van der Waals surface area contributed by atoms with Crippen LogP contribution in [0.2, 0.25) is 0 Å². The van der Waals surface area contributed by atoms with E-state index in [2.05, 4.69) is 27.7 Å². The van der Waals surface area contributed by atoms with Crippen molar-refractivity contribution in [2.45, 2.75) is 137 Å². The van der Waals surface area contributed by atoms with Crippen molar-refractivity contribution in [2.24, 2.45) is 5.92 Å². The van der Waals surface area contributed by atoms with Crippen molar-refractivity contribution in [3.8, 4) is 0 Å². The normalized spacial score (nSPS) is 11.6. The van der Waals surface area contributed by atoms with Gasteiger partial charge >= 0.3 is 23.9 Å². The standard InChI is InChI=1S/C22H42O8.C18H34O7/c1-3-5-11-25-13-15-27-17-19-29-21(23)9-7-8-10-22(24)30-20-18-28-16-14-26-12-6-4-2;1-3-5-11-24-17(25-12-6-4-2)14-23-13-10-15(18(21)22)8-7-9-16(19)20/h3-20H2,1-2H3;15,17H,3-14H2,1-2H3,(H,19,20)(H,21,22). The first-order valence-electron chi connectivity index (χ1n) is 20.6. The SMILES string of the molecule is CCCCOC(COCCC(CCCC(=O)O)C(=O)O)OCCCC.CCCCOCCOCCOC(=O)CCCCC(=O)OCCOCCOCCCC. The van der Waals surface area contributed by atoms with Gasteiger partial charge < -0.3 is 52.8 Å². The van der Waals surface area contributed by atoms with E-state index in [9.17, 15) is 24.3 Å². The van der Waals surface area contributed by atoms with Gasteiger partial charge in [0.1, 0.15) is 13.2 Å². The lowest BCUT2D eigenvalue weighted by molar-refractivity contribution is -0.174. The zero-order chi connectivity index (χ0) is 41.0. The predicted molar refractivity (Wildman–Crippen MR) is 207 cm³/mol. The number of ether oxygens (including phenoxy) is 9. The minimum Gasteiger partial charge on any atom is -0.481 e. The smallest absolute Gasteiger partial charge is 0.306 e. The van der Waals surface area contributed by atoms with Crippen molar-refractivity contribution in [1.82, 2.24) is 0 Å². The van der Waals surface area contributed by atoms with E-state index < -0.39 is 24.1 Å². The predicted octanol–water partition coefficient (Wildman–Crippen LogP) is 6.61. The van der Waals surface area contributed by atoms with Crippen molar-refractivity contribution in [1.29, 1.82) is 0 Å². The maximum atomic E-state index is 11.6. The van der Waals surface area contributed by atoms with E-state index in [1.165, 1.54) is 0 Å². The summed E-state index contributed by atoms with van der Waals surface area (Å²) < 4.78 is 48.4. The fourth-order valence-corrected chi connectivity index (χ4v) is 4.41. The van der Waals surface area contributed by atoms with Crippen molar-refractivity contribution in [3.05, 3.63) is 0 Å². The number of hydrogen-bond donors (Lipinski definition) is 2. The van der Waals surface area contributed by atoms with Crippen LogP contribution in [0, 0.1) is 5.92 Å². The lowest BCUT2D eigenvalue weighted by atomic mass is 9.99. The molecule has 0 fully saturated rings. The second-order valence-corrected chi connectivity index (χ2v) is 12.9. The van der Waals surface area contributed by atoms with Gasteiger partial charge in [0.2, 0.25) is 0 Å². The van der Waals surface area contributed by atoms with Crippen LogP contribution in [0.1, 0.15) is 130 Å². The summed E-state index contributed by atoms with van der Waals surface area (Å²) in [5.41, 5.74) is 0. The molecule has 0 aromatic rings. The molecule has 0 rings (SSSR count). The largest absolute Gasteiger partial charge is 0.481 e. The fourth-order valence-electron chi connectivity index (χ4n) is 4.41. The second kappa shape index (κ2) is 44.3. The van der Waals surface area contributed by atoms with Gasteiger partial charge in [-0.25, -0.2) is 0 Å². The van der Waals surface area contributed by atoms with Gasteiger partial charge in [-0.2, -0.15) is 0 Å². The Bertz CT molecular complexity index is 827. The van der Waals surface area contributed by atoms with Crippen molar-refractivity contribution < 1.29 is 72.0 Å². The van der Waals surface area contributed by atoms with Gasteiger partial charge in [0.05, 0.1) is 52.2 Å². The molecule has 0 radical (unpaired) electrons. The van der Waals surface area contributed by atoms with E-state index in [0.29, 0.717) is 85.0 Å². The van der Waals surface area contributed by atoms with Gasteiger partial charge in [0.25, 0.3) is 0 Å². The summed E-state index contributed by atoms with van der Waals surface area (Å²) in [7, 11) is 0. The lowest BCUT2D eigenvalue weighted by Gasteiger charge is -2.19. The highest BCUT2D eigenvalue weighted by Crippen LogP contribution is 2.14. The first-order chi connectivity index (χ1) is 26.7. The van der Waals surface area contributed by atoms with Gasteiger partial charge in [-0.15, -0.1) is 0 Å². The molecule has 0 aromatic carbocycles. The number of carbonyl (C=O) groups excluding carboxylic acids is 2. The molecule has 0 aliphatic heterocycles. The summed E-state index contributed by atoms with van der Waals surface area (Å²) in [5.74, 6) is -2.96. The van der Waals surface area contributed by atoms with Crippen LogP contribution in [0.4, 0.5) is 0 Å². The quantitative estimate of drug-likeness (QED) is 0.0381. The van der Waals surface area contributed by atoms with Crippen LogP contribution >= 0.6 is 0 Å². The molecular formula is C40H76O15. The van der Waals surface area contributed by atoms with Gasteiger partial charge in [-0.1, -0.05) is 53.4 Å². The maximum Gasteiger partial charge on any atom is 0.306 e. The Labute approximate surface area is 330 Å². The molecule has 2 N–H and O–H groups in total. The van der Waals surface area contributed by atoms with Crippen LogP contribution in [0.15, 0.2) is 0 Å². The van der Waals surface area contributed by atoms with Crippen LogP contribution < -0.4 is 0 Å². The maximum absolute atomic E-state index is 11.6. The minimum atomic E-state index is -0.913. The van der Waals surface area contributed by atoms with E-state index >= 15 is 0 Å². The third-order valence-electron chi connectivity index (χ3n) is 7.78. The Balaban J connectivity index is 0. The summed E-state index contributed by atoms with van der Waals surface area (Å²) in [5, 5.41) is 17.8. The molecular weight excluding hydrogens is 720 g/mol. The summed E-state index contributed by atoms with van der Waals surface area (Å²) in [4.78, 5) is 44.9. The van der Waals surface area contributed by atoms with Crippen molar-refractivity contribution in [2.75, 3.05) is 92.5 Å². The molecule has 15 nitrogen and oxygen atoms in total. The first-order valence-corrected chi connectivity index (χ1v) is 20.6. The summed E-state index contributed by atoms with van der Waals surface area (Å²) in [6.07, 6.45) is 10.7. The molecule has 0 saturated heterocycles. The molecule has 15 heteroatoms. The number of rotatable bonds is 41. The van der Waals surface area contributed by atoms with E-state index in [4.69, 9.17) is 47.7 Å². The van der Waals surface area contributed by atoms with Crippen LogP contribution in [0.3, 0.4) is 0 Å². The average molecular weight is 797 g/mol. The highest BCUT2D eigenvalue weighted by atomic mass is 16.7. The molecule has 1 atom stereocenters. The lowest BCUT2D eigenvalue weighted by Crippen LogP contribution is -2.26. The molecule has 0 spiro atoms. The molecule has 0 aromatic heterocycles. The van der Waals surface area contributed by atoms with Crippen molar-refractivity contribution >= 4 is 23.9 Å². The second-order valence-electron chi connectivity index (χ2n) is 12.9. The van der Waals surface area contributed by atoms with Crippen LogP contribution in [0.5, 0.6) is 0 Å². The summed E-state index contributed by atoms with van der Waals surface area (Å²) in [6, 6.07) is 0. The molecule has 0 heterocycles. The highest BCUT2D eigenvalue weighted by Gasteiger charge is 2.18. The molecule has 0 aliphatic rings. The zero-order valence-electron chi connectivity index (χ0n) is 34.6. The average Bonchev–Trinajstić information content (AvgIpc) is 3.16. The minimum absolute atomic E-state index is 0.0107. The van der Waals surface area contributed by atoms with Gasteiger partial charge in [-0.05, 0) is 57.8 Å². The molecule has 1 unspecified atom stereocenters. The molecule has 0 aliphatic carbocycles. The monoisotopic (exact) mass is 797 g/mol. The Kier molecular flexibility index (Phi) is 44.1. The Hall–Kier alpha value is -2.40. The Morgan fingerprint density at radius 3 is 1.27 bits per heavy atom. The number of carboxylic acid groups (broad SMARTS) is 2. The van der Waals surface area contributed by atoms with Gasteiger partial charge in [0, 0.05) is 52.3 Å². The molecule has 0 saturated carbocycles. The summed E-state index contributed by atoms with van der Waals surface area (Å²) in [6.45, 7) is 15.0. The Morgan fingerprint density at radius 1 is 0.436 bits per heavy atom. The fraction of sp³-hybridized carbons (Fsp3) is 0.900. The number of unbranched alkanes of at least 4 members (excludes halogenated alkanes) is 5. The third-order valence-corrected chi connectivity index (χ3v) is 7.78. The van der Waals surface area contributed by atoms with E-state index in [1.54, 1.807) is 0 Å². The Morgan fingerprint density at radius 2 is 0.855 bits per heavy atom. The third kappa shape index (κ3) is 44.2. The van der Waals surface area contributed by atoms with E-state index in [1.807, 2.05) is 0 Å². The van der Waals surface area contributed by atoms with Crippen LogP contribution in [-0.4, -0.2) is 133 Å². The van der Waals surface area contributed by atoms with E-state index in [-0.39, 0.29) is 57.6 Å². The molecule has 0 amide bonds. The zero-order valence-corrected chi connectivity index (χ0v) is 34.6. The van der Waals surface area contributed by atoms with Crippen LogP contribution in [0.25, 0.3) is 0 Å². The number of carbonyl (C=O) groups is 4. The van der Waals surface area contributed by atoms with Crippen molar-refractivity contribution in [3.63, 3.8) is 0 Å². The number of hydrogen-bond acceptors (Lipinski definition) is 13. The number of esters is 2. The molecule has 55 heavy (non-hydrogen) atoms. The topological polar surface area (TPSA) is 192 Å². The molecule has 326 valence electrons. The number of carboxylic acids is 2. The summed E-state index contributed by atoms with van der Waals surface area (Å²) >= 11 is 0. The number of aliphatic carboxylic acids is 2. The molecule has 0 bridgehead atoms. The highest BCUT2D eigenvalue weighted by molar-refractivity contribution is 5.71. The van der Waals surface area contributed by atoms with E-state index in [0.717, 1.165) is 64.6 Å². The van der Waals surface area contributed by atoms with Gasteiger partial charge in [-0.3, -0.25) is 19.2 Å². The van der Waals surface area contributed by atoms with Crippen LogP contribution in [-0.2, 0) is 61.8 Å². The van der Waals surface area contributed by atoms with Gasteiger partial charge in [0.15, 0.2) is 6.29 Å².